The maximum atomic E-state index is 8.98. The predicted octanol–water partition coefficient (Wildman–Crippen LogP) is 0.452. The van der Waals surface area contributed by atoms with Crippen molar-refractivity contribution in [3.63, 3.8) is 0 Å². The van der Waals surface area contributed by atoms with Gasteiger partial charge in [0.05, 0.1) is 0 Å². The summed E-state index contributed by atoms with van der Waals surface area (Å²) in [5.41, 5.74) is 6.28. The van der Waals surface area contributed by atoms with Crippen LogP contribution in [0.5, 0.6) is 0 Å². The van der Waals surface area contributed by atoms with E-state index in [0.29, 0.717) is 15.4 Å². The van der Waals surface area contributed by atoms with Crippen LogP contribution in [0, 0.1) is 0 Å². The van der Waals surface area contributed by atoms with Gasteiger partial charge >= 0.3 is 7.12 Å². The van der Waals surface area contributed by atoms with Crippen LogP contribution in [0.25, 0.3) is 10.1 Å². The van der Waals surface area contributed by atoms with Gasteiger partial charge in [-0.3, -0.25) is 0 Å². The van der Waals surface area contributed by atoms with Crippen molar-refractivity contribution in [3.05, 3.63) is 18.2 Å². The van der Waals surface area contributed by atoms with E-state index >= 15 is 0 Å². The van der Waals surface area contributed by atoms with E-state index in [1.165, 1.54) is 11.3 Å². The highest BCUT2D eigenvalue weighted by atomic mass is 32.1. The van der Waals surface area contributed by atoms with Crippen molar-refractivity contribution in [1.29, 1.82) is 0 Å². The molecule has 1 heterocycles. The quantitative estimate of drug-likeness (QED) is 0.323. The molecule has 0 aliphatic rings. The first-order valence-electron chi connectivity index (χ1n) is 3.96. The third-order valence-electron chi connectivity index (χ3n) is 1.94. The number of hydrogen-bond donors (Lipinski definition) is 4. The van der Waals surface area contributed by atoms with Gasteiger partial charge in [-0.15, -0.1) is 24.0 Å². The van der Waals surface area contributed by atoms with Crippen LogP contribution in [0.2, 0.25) is 0 Å². The molecule has 0 fully saturated rings. The highest BCUT2D eigenvalue weighted by Gasteiger charge is 2.14. The monoisotopic (exact) mass is 225 g/mol. The zero-order valence-electron chi connectivity index (χ0n) is 7.14. The Morgan fingerprint density at radius 3 is 2.64 bits per heavy atom. The van der Waals surface area contributed by atoms with Crippen LogP contribution in [-0.4, -0.2) is 17.2 Å². The minimum absolute atomic E-state index is 0.512. The lowest BCUT2D eigenvalue weighted by atomic mass is 9.89. The first-order valence-corrected chi connectivity index (χ1v) is 5.22. The molecule has 6 heteroatoms. The molecule has 0 bridgehead atoms. The van der Waals surface area contributed by atoms with Crippen LogP contribution in [0.15, 0.2) is 23.1 Å². The van der Waals surface area contributed by atoms with Crippen LogP contribution >= 0.6 is 24.0 Å². The van der Waals surface area contributed by atoms with Crippen molar-refractivity contribution in [3.8, 4) is 0 Å². The van der Waals surface area contributed by atoms with Gasteiger partial charge < -0.3 is 15.8 Å². The molecule has 0 saturated carbocycles. The topological polar surface area (TPSA) is 66.5 Å². The lowest BCUT2D eigenvalue weighted by Crippen LogP contribution is -2.26. The second-order valence-electron chi connectivity index (χ2n) is 2.97. The van der Waals surface area contributed by atoms with E-state index in [2.05, 4.69) is 12.6 Å². The minimum Gasteiger partial charge on any atom is -0.423 e. The third-order valence-corrected chi connectivity index (χ3v) is 3.46. The van der Waals surface area contributed by atoms with Crippen molar-refractivity contribution < 1.29 is 10.0 Å². The first-order chi connectivity index (χ1) is 6.58. The van der Waals surface area contributed by atoms with E-state index in [4.69, 9.17) is 15.8 Å². The summed E-state index contributed by atoms with van der Waals surface area (Å²) in [4.78, 5) is 0.703. The molecule has 14 heavy (non-hydrogen) atoms. The van der Waals surface area contributed by atoms with E-state index in [1.54, 1.807) is 12.1 Å². The fourth-order valence-corrected chi connectivity index (χ4v) is 2.41. The number of anilines is 1. The number of thiophene rings is 1. The van der Waals surface area contributed by atoms with Crippen molar-refractivity contribution in [2.75, 3.05) is 5.73 Å². The van der Waals surface area contributed by atoms with Gasteiger partial charge in [0.1, 0.15) is 0 Å². The lowest BCUT2D eigenvalue weighted by molar-refractivity contribution is 0.427. The molecule has 0 amide bonds. The maximum absolute atomic E-state index is 8.98. The summed E-state index contributed by atoms with van der Waals surface area (Å²) in [5, 5.41) is 18.9. The Labute approximate surface area is 90.7 Å². The molecule has 0 saturated heterocycles. The summed E-state index contributed by atoms with van der Waals surface area (Å²) in [6, 6.07) is 5.33. The summed E-state index contributed by atoms with van der Waals surface area (Å²) >= 11 is 5.50. The van der Waals surface area contributed by atoms with Gasteiger partial charge in [-0.1, -0.05) is 0 Å². The molecule has 72 valence electrons. The molecule has 4 N–H and O–H groups in total. The molecule has 1 aromatic heterocycles. The van der Waals surface area contributed by atoms with Gasteiger partial charge in [-0.25, -0.2) is 0 Å². The molecule has 0 atom stereocenters. The molecular weight excluding hydrogens is 217 g/mol. The average Bonchev–Trinajstić information content (AvgIpc) is 2.48. The molecule has 0 aliphatic heterocycles. The molecule has 2 aromatic rings. The van der Waals surface area contributed by atoms with Gasteiger partial charge in [0.15, 0.2) is 0 Å². The second kappa shape index (κ2) is 3.47. The van der Waals surface area contributed by atoms with Crippen molar-refractivity contribution in [1.82, 2.24) is 0 Å². The van der Waals surface area contributed by atoms with Crippen molar-refractivity contribution in [2.24, 2.45) is 0 Å². The Morgan fingerprint density at radius 1 is 1.29 bits per heavy atom. The smallest absolute Gasteiger partial charge is 0.423 e. The normalized spacial score (nSPS) is 10.8. The van der Waals surface area contributed by atoms with E-state index in [0.717, 1.165) is 10.1 Å². The standard InChI is InChI=1S/C8H8BNO2S2/c10-5-3-7-4(1-6(5)13)2-8(14-7)9(11)12/h1-3,11-13H,10H2. The number of hydrogen-bond acceptors (Lipinski definition) is 5. The second-order valence-corrected chi connectivity index (χ2v) is 4.57. The van der Waals surface area contributed by atoms with Gasteiger partial charge in [-0.2, -0.15) is 0 Å². The number of benzene rings is 1. The zero-order chi connectivity index (χ0) is 10.3. The fraction of sp³-hybridized carbons (Fsp3) is 0. The van der Waals surface area contributed by atoms with Crippen LogP contribution in [0.1, 0.15) is 0 Å². The van der Waals surface area contributed by atoms with Gasteiger partial charge in [-0.05, 0) is 23.6 Å². The summed E-state index contributed by atoms with van der Waals surface area (Å²) in [7, 11) is -1.42. The number of nitrogens with two attached hydrogens (primary N) is 1. The number of nitrogen functional groups attached to an aromatic ring is 1. The minimum atomic E-state index is -1.42. The summed E-state index contributed by atoms with van der Waals surface area (Å²) < 4.78 is 1.45. The third kappa shape index (κ3) is 1.61. The Kier molecular flexibility index (Phi) is 2.44. The van der Waals surface area contributed by atoms with Crippen molar-refractivity contribution >= 4 is 51.6 Å². The summed E-state index contributed by atoms with van der Waals surface area (Å²) in [6.07, 6.45) is 0. The first kappa shape index (κ1) is 9.85. The number of thiol groups is 1. The molecular formula is C8H8BNO2S2. The SMILES string of the molecule is Nc1cc2sc(B(O)O)cc2cc1S. The van der Waals surface area contributed by atoms with Gasteiger partial charge in [0, 0.05) is 20.1 Å². The Bertz CT molecular complexity index is 444. The molecule has 0 radical (unpaired) electrons. The number of fused-ring (bicyclic) bond motifs is 1. The van der Waals surface area contributed by atoms with Crippen LogP contribution < -0.4 is 10.5 Å². The van der Waals surface area contributed by atoms with Crippen LogP contribution in [0.3, 0.4) is 0 Å². The number of rotatable bonds is 1. The molecule has 3 nitrogen and oxygen atoms in total. The molecule has 0 spiro atoms. The zero-order valence-corrected chi connectivity index (χ0v) is 8.85. The molecule has 1 aromatic carbocycles. The lowest BCUT2D eigenvalue weighted by Gasteiger charge is -1.97. The van der Waals surface area contributed by atoms with Crippen molar-refractivity contribution in [2.45, 2.75) is 4.90 Å². The average molecular weight is 225 g/mol. The molecule has 2 rings (SSSR count). The molecule has 0 aliphatic carbocycles. The van der Waals surface area contributed by atoms with Gasteiger partial charge in [0.2, 0.25) is 0 Å². The largest absolute Gasteiger partial charge is 0.499 e. The fourth-order valence-electron chi connectivity index (χ4n) is 1.24. The highest BCUT2D eigenvalue weighted by molar-refractivity contribution is 7.80. The Morgan fingerprint density at radius 2 is 2.00 bits per heavy atom. The summed E-state index contributed by atoms with van der Waals surface area (Å²) in [5.74, 6) is 0. The summed E-state index contributed by atoms with van der Waals surface area (Å²) in [6.45, 7) is 0. The van der Waals surface area contributed by atoms with E-state index in [9.17, 15) is 0 Å². The highest BCUT2D eigenvalue weighted by Crippen LogP contribution is 2.27. The van der Waals surface area contributed by atoms with E-state index < -0.39 is 7.12 Å². The van der Waals surface area contributed by atoms with Gasteiger partial charge in [0.25, 0.3) is 0 Å². The van der Waals surface area contributed by atoms with E-state index in [-0.39, 0.29) is 0 Å². The van der Waals surface area contributed by atoms with E-state index in [1.807, 2.05) is 6.07 Å². The molecule has 0 unspecified atom stereocenters. The van der Waals surface area contributed by atoms with Crippen LogP contribution in [-0.2, 0) is 0 Å². The predicted molar refractivity (Wildman–Crippen MR) is 63.3 cm³/mol. The Hall–Kier alpha value is -0.685. The Balaban J connectivity index is 2.66. The maximum Gasteiger partial charge on any atom is 0.499 e. The van der Waals surface area contributed by atoms with Crippen LogP contribution in [0.4, 0.5) is 5.69 Å².